The number of amides is 1. The molecule has 0 saturated carbocycles. The van der Waals surface area contributed by atoms with Crippen LogP contribution in [0.25, 0.3) is 11.6 Å². The highest BCUT2D eigenvalue weighted by Gasteiger charge is 2.30. The number of allylic oxidation sites excluding steroid dienone is 1. The van der Waals surface area contributed by atoms with E-state index in [0.29, 0.717) is 9.23 Å². The summed E-state index contributed by atoms with van der Waals surface area (Å²) in [6, 6.07) is 6.42. The smallest absolute Gasteiger partial charge is 0.263 e. The molecule has 2 heterocycles. The zero-order valence-corrected chi connectivity index (χ0v) is 16.1. The molecule has 0 radical (unpaired) electrons. The quantitative estimate of drug-likeness (QED) is 0.633. The van der Waals surface area contributed by atoms with Crippen LogP contribution in [0.3, 0.4) is 0 Å². The van der Waals surface area contributed by atoms with E-state index in [9.17, 15) is 4.79 Å². The highest BCUT2D eigenvalue weighted by Crippen LogP contribution is 2.40. The SMILES string of the molecule is CCCN1c2ccc(/C=C3\SC(=S)NC3=O)cc2C(C)=CC1(C)C. The first-order valence-corrected chi connectivity index (χ1v) is 9.40. The molecule has 5 heteroatoms. The van der Waals surface area contributed by atoms with Gasteiger partial charge in [0.25, 0.3) is 5.91 Å². The Bertz CT molecular complexity index is 778. The van der Waals surface area contributed by atoms with E-state index in [1.54, 1.807) is 0 Å². The van der Waals surface area contributed by atoms with Crippen LogP contribution in [0.5, 0.6) is 0 Å². The molecule has 3 rings (SSSR count). The minimum atomic E-state index is -0.108. The van der Waals surface area contributed by atoms with Crippen molar-refractivity contribution in [3.63, 3.8) is 0 Å². The van der Waals surface area contributed by atoms with Gasteiger partial charge in [0.15, 0.2) is 0 Å². The fourth-order valence-electron chi connectivity index (χ4n) is 3.40. The van der Waals surface area contributed by atoms with Gasteiger partial charge in [0.1, 0.15) is 4.32 Å². The number of rotatable bonds is 3. The lowest BCUT2D eigenvalue weighted by Gasteiger charge is -2.43. The molecule has 1 N–H and O–H groups in total. The van der Waals surface area contributed by atoms with E-state index in [2.05, 4.69) is 62.2 Å². The Kier molecular flexibility index (Phi) is 4.58. The largest absolute Gasteiger partial charge is 0.362 e. The summed E-state index contributed by atoms with van der Waals surface area (Å²) in [5, 5.41) is 2.66. The van der Waals surface area contributed by atoms with Gasteiger partial charge in [0.05, 0.1) is 10.4 Å². The summed E-state index contributed by atoms with van der Waals surface area (Å²) in [5.74, 6) is -0.108. The number of nitrogens with one attached hydrogen (secondary N) is 1. The van der Waals surface area contributed by atoms with Crippen molar-refractivity contribution in [3.05, 3.63) is 40.3 Å². The molecule has 1 aromatic rings. The first kappa shape index (κ1) is 17.2. The minimum absolute atomic E-state index is 0.0143. The summed E-state index contributed by atoms with van der Waals surface area (Å²) in [7, 11) is 0. The number of benzene rings is 1. The average Bonchev–Trinajstić information content (AvgIpc) is 2.81. The zero-order valence-electron chi connectivity index (χ0n) is 14.5. The van der Waals surface area contributed by atoms with Gasteiger partial charge in [0.2, 0.25) is 0 Å². The standard InChI is InChI=1S/C19H22N2OS2/c1-5-8-21-15-7-6-13(10-16-17(22)20-18(23)24-16)9-14(15)12(2)11-19(21,3)4/h6-7,9-11H,5,8H2,1-4H3,(H,20,22,23)/b16-10-. The van der Waals surface area contributed by atoms with E-state index in [4.69, 9.17) is 12.2 Å². The predicted octanol–water partition coefficient (Wildman–Crippen LogP) is 4.59. The van der Waals surface area contributed by atoms with E-state index in [1.807, 2.05) is 6.08 Å². The number of hydrogen-bond acceptors (Lipinski definition) is 4. The molecule has 1 saturated heterocycles. The Hall–Kier alpha value is -1.59. The second-order valence-corrected chi connectivity index (χ2v) is 8.48. The number of anilines is 1. The topological polar surface area (TPSA) is 32.3 Å². The summed E-state index contributed by atoms with van der Waals surface area (Å²) in [6.07, 6.45) is 5.35. The van der Waals surface area contributed by atoms with Gasteiger partial charge >= 0.3 is 0 Å². The van der Waals surface area contributed by atoms with Gasteiger partial charge in [-0.25, -0.2) is 0 Å². The third kappa shape index (κ3) is 3.15. The van der Waals surface area contributed by atoms with Crippen LogP contribution in [0.15, 0.2) is 29.2 Å². The Morgan fingerprint density at radius 3 is 2.75 bits per heavy atom. The molecule has 126 valence electrons. The van der Waals surface area contributed by atoms with Crippen LogP contribution in [0, 0.1) is 0 Å². The highest BCUT2D eigenvalue weighted by atomic mass is 32.2. The van der Waals surface area contributed by atoms with Gasteiger partial charge in [-0.15, -0.1) is 0 Å². The zero-order chi connectivity index (χ0) is 17.5. The van der Waals surface area contributed by atoms with Crippen LogP contribution in [0.2, 0.25) is 0 Å². The van der Waals surface area contributed by atoms with Crippen LogP contribution in [-0.4, -0.2) is 22.3 Å². The first-order valence-electron chi connectivity index (χ1n) is 8.18. The molecule has 0 aliphatic carbocycles. The lowest BCUT2D eigenvalue weighted by atomic mass is 9.88. The number of thiocarbonyl (C=S) groups is 1. The summed E-state index contributed by atoms with van der Waals surface area (Å²) in [5.41, 5.74) is 4.83. The molecule has 1 amide bonds. The maximum Gasteiger partial charge on any atom is 0.263 e. The monoisotopic (exact) mass is 358 g/mol. The second-order valence-electron chi connectivity index (χ2n) is 6.76. The Labute approximate surface area is 153 Å². The maximum absolute atomic E-state index is 11.9. The van der Waals surface area contributed by atoms with Gasteiger partial charge in [-0.1, -0.05) is 43.0 Å². The summed E-state index contributed by atoms with van der Waals surface area (Å²) >= 11 is 6.37. The van der Waals surface area contributed by atoms with Crippen molar-refractivity contribution in [2.45, 2.75) is 39.7 Å². The molecule has 0 spiro atoms. The average molecular weight is 359 g/mol. The third-order valence-corrected chi connectivity index (χ3v) is 5.55. The molecule has 24 heavy (non-hydrogen) atoms. The van der Waals surface area contributed by atoms with Crippen LogP contribution in [0.1, 0.15) is 45.2 Å². The number of hydrogen-bond donors (Lipinski definition) is 1. The fraction of sp³-hybridized carbons (Fsp3) is 0.368. The summed E-state index contributed by atoms with van der Waals surface area (Å²) in [4.78, 5) is 15.0. The van der Waals surface area contributed by atoms with Crippen molar-refractivity contribution in [1.82, 2.24) is 5.32 Å². The second kappa shape index (κ2) is 6.37. The van der Waals surface area contributed by atoms with Crippen molar-refractivity contribution >= 4 is 51.5 Å². The van der Waals surface area contributed by atoms with E-state index in [0.717, 1.165) is 18.5 Å². The Morgan fingerprint density at radius 2 is 2.12 bits per heavy atom. The molecule has 0 atom stereocenters. The molecule has 2 aliphatic heterocycles. The number of nitrogens with zero attached hydrogens (tertiary/aromatic N) is 1. The number of thioether (sulfide) groups is 1. The third-order valence-electron chi connectivity index (χ3n) is 4.39. The van der Waals surface area contributed by atoms with E-state index < -0.39 is 0 Å². The van der Waals surface area contributed by atoms with Crippen LogP contribution in [-0.2, 0) is 4.79 Å². The summed E-state index contributed by atoms with van der Waals surface area (Å²) in [6.45, 7) is 9.90. The van der Waals surface area contributed by atoms with Gasteiger partial charge in [-0.3, -0.25) is 4.79 Å². The molecule has 3 nitrogen and oxygen atoms in total. The normalized spacial score (nSPS) is 20.9. The Morgan fingerprint density at radius 1 is 1.38 bits per heavy atom. The fourth-order valence-corrected chi connectivity index (χ4v) is 4.44. The van der Waals surface area contributed by atoms with Gasteiger partial charge in [0, 0.05) is 17.8 Å². The predicted molar refractivity (Wildman–Crippen MR) is 108 cm³/mol. The van der Waals surface area contributed by atoms with Gasteiger partial charge in [-0.2, -0.15) is 0 Å². The highest BCUT2D eigenvalue weighted by molar-refractivity contribution is 8.26. The van der Waals surface area contributed by atoms with Gasteiger partial charge in [-0.05, 0) is 56.5 Å². The minimum Gasteiger partial charge on any atom is -0.362 e. The molecule has 0 bridgehead atoms. The van der Waals surface area contributed by atoms with Crippen LogP contribution in [0.4, 0.5) is 5.69 Å². The number of carbonyl (C=O) groups is 1. The van der Waals surface area contributed by atoms with Crippen LogP contribution < -0.4 is 10.2 Å². The molecule has 0 aromatic heterocycles. The molecule has 1 fully saturated rings. The summed E-state index contributed by atoms with van der Waals surface area (Å²) < 4.78 is 0.524. The molecule has 0 unspecified atom stereocenters. The Balaban J connectivity index is 2.02. The van der Waals surface area contributed by atoms with Crippen molar-refractivity contribution in [3.8, 4) is 0 Å². The first-order chi connectivity index (χ1) is 11.3. The van der Waals surface area contributed by atoms with E-state index in [1.165, 1.54) is 28.6 Å². The van der Waals surface area contributed by atoms with E-state index in [-0.39, 0.29) is 11.4 Å². The number of fused-ring (bicyclic) bond motifs is 1. The number of carbonyl (C=O) groups excluding carboxylic acids is 1. The van der Waals surface area contributed by atoms with Crippen molar-refractivity contribution in [2.75, 3.05) is 11.4 Å². The van der Waals surface area contributed by atoms with Crippen LogP contribution >= 0.6 is 24.0 Å². The van der Waals surface area contributed by atoms with E-state index >= 15 is 0 Å². The molecular weight excluding hydrogens is 336 g/mol. The van der Waals surface area contributed by atoms with Gasteiger partial charge < -0.3 is 10.2 Å². The lowest BCUT2D eigenvalue weighted by Crippen LogP contribution is -2.45. The molecule has 1 aromatic carbocycles. The van der Waals surface area contributed by atoms with Crippen molar-refractivity contribution < 1.29 is 4.79 Å². The van der Waals surface area contributed by atoms with Crippen molar-refractivity contribution in [1.29, 1.82) is 0 Å². The maximum atomic E-state index is 11.9. The molecule has 2 aliphatic rings. The van der Waals surface area contributed by atoms with Crippen molar-refractivity contribution in [2.24, 2.45) is 0 Å². The lowest BCUT2D eigenvalue weighted by molar-refractivity contribution is -0.115. The molecular formula is C19H22N2OS2.